The van der Waals surface area contributed by atoms with Gasteiger partial charge in [0.1, 0.15) is 0 Å². The second kappa shape index (κ2) is 3.93. The topological polar surface area (TPSA) is 70.0 Å². The second-order valence-electron chi connectivity index (χ2n) is 3.32. The number of methoxy groups -OCH3 is 1. The molecule has 0 saturated carbocycles. The smallest absolute Gasteiger partial charge is 0.407 e. The standard InChI is InChI=1S/C8H15NO4/c1-5-6(4-10)9(8(11)12)3-7(5)13-2/h5-7,10H,3-4H2,1-2H3,(H,11,12). The molecule has 2 N–H and O–H groups in total. The Morgan fingerprint density at radius 3 is 2.62 bits per heavy atom. The maximum Gasteiger partial charge on any atom is 0.407 e. The molecule has 3 unspecified atom stereocenters. The van der Waals surface area contributed by atoms with E-state index in [0.717, 1.165) is 0 Å². The Hall–Kier alpha value is -0.810. The third-order valence-electron chi connectivity index (χ3n) is 2.71. The fourth-order valence-corrected chi connectivity index (χ4v) is 1.80. The third-order valence-corrected chi connectivity index (χ3v) is 2.71. The van der Waals surface area contributed by atoms with Crippen LogP contribution in [0.5, 0.6) is 0 Å². The Labute approximate surface area is 76.9 Å². The van der Waals surface area contributed by atoms with Crippen molar-refractivity contribution < 1.29 is 19.7 Å². The Kier molecular flexibility index (Phi) is 3.11. The molecule has 0 aromatic rings. The van der Waals surface area contributed by atoms with Gasteiger partial charge in [-0.25, -0.2) is 4.79 Å². The Balaban J connectivity index is 2.72. The molecular formula is C8H15NO4. The van der Waals surface area contributed by atoms with Crippen molar-refractivity contribution in [3.8, 4) is 0 Å². The van der Waals surface area contributed by atoms with Crippen LogP contribution in [0.15, 0.2) is 0 Å². The predicted molar refractivity (Wildman–Crippen MR) is 45.6 cm³/mol. The van der Waals surface area contributed by atoms with E-state index in [4.69, 9.17) is 14.9 Å². The average molecular weight is 189 g/mol. The van der Waals surface area contributed by atoms with Crippen LogP contribution in [0, 0.1) is 5.92 Å². The summed E-state index contributed by atoms with van der Waals surface area (Å²) in [4.78, 5) is 12.0. The van der Waals surface area contributed by atoms with E-state index in [1.54, 1.807) is 7.11 Å². The summed E-state index contributed by atoms with van der Waals surface area (Å²) in [7, 11) is 1.56. The van der Waals surface area contributed by atoms with Gasteiger partial charge < -0.3 is 19.8 Å². The Bertz CT molecular complexity index is 197. The first-order valence-electron chi connectivity index (χ1n) is 4.25. The van der Waals surface area contributed by atoms with E-state index < -0.39 is 6.09 Å². The van der Waals surface area contributed by atoms with Gasteiger partial charge in [-0.3, -0.25) is 0 Å². The number of aliphatic hydroxyl groups is 1. The zero-order chi connectivity index (χ0) is 10.0. The van der Waals surface area contributed by atoms with Gasteiger partial charge in [0.15, 0.2) is 0 Å². The van der Waals surface area contributed by atoms with Crippen molar-refractivity contribution in [2.45, 2.75) is 19.1 Å². The summed E-state index contributed by atoms with van der Waals surface area (Å²) >= 11 is 0. The molecule has 5 heteroatoms. The SMILES string of the molecule is COC1CN(C(=O)O)C(CO)C1C. The van der Waals surface area contributed by atoms with Gasteiger partial charge in [-0.2, -0.15) is 0 Å². The van der Waals surface area contributed by atoms with Crippen LogP contribution in [-0.2, 0) is 4.74 Å². The number of hydrogen-bond donors (Lipinski definition) is 2. The van der Waals surface area contributed by atoms with Crippen molar-refractivity contribution in [3.05, 3.63) is 0 Å². The minimum Gasteiger partial charge on any atom is -0.465 e. The summed E-state index contributed by atoms with van der Waals surface area (Å²) < 4.78 is 5.12. The van der Waals surface area contributed by atoms with Crippen molar-refractivity contribution in [2.24, 2.45) is 5.92 Å². The van der Waals surface area contributed by atoms with E-state index in [1.165, 1.54) is 4.90 Å². The van der Waals surface area contributed by atoms with Gasteiger partial charge in [0.05, 0.1) is 25.3 Å². The van der Waals surface area contributed by atoms with Crippen molar-refractivity contribution in [1.29, 1.82) is 0 Å². The maximum absolute atomic E-state index is 10.7. The molecular weight excluding hydrogens is 174 g/mol. The van der Waals surface area contributed by atoms with Gasteiger partial charge in [-0.05, 0) is 0 Å². The number of carboxylic acid groups (broad SMARTS) is 1. The first kappa shape index (κ1) is 10.3. The van der Waals surface area contributed by atoms with E-state index in [2.05, 4.69) is 0 Å². The molecule has 1 aliphatic heterocycles. The average Bonchev–Trinajstić information content (AvgIpc) is 2.42. The highest BCUT2D eigenvalue weighted by atomic mass is 16.5. The normalized spacial score (nSPS) is 33.8. The molecule has 0 radical (unpaired) electrons. The van der Waals surface area contributed by atoms with E-state index in [9.17, 15) is 4.79 Å². The Morgan fingerprint density at radius 1 is 1.69 bits per heavy atom. The Morgan fingerprint density at radius 2 is 2.31 bits per heavy atom. The first-order valence-corrected chi connectivity index (χ1v) is 4.25. The molecule has 1 saturated heterocycles. The predicted octanol–water partition coefficient (Wildman–Crippen LogP) is -0.00800. The van der Waals surface area contributed by atoms with E-state index in [1.807, 2.05) is 6.92 Å². The van der Waals surface area contributed by atoms with Crippen molar-refractivity contribution >= 4 is 6.09 Å². The molecule has 1 rings (SSSR count). The summed E-state index contributed by atoms with van der Waals surface area (Å²) in [6, 6.07) is -0.331. The van der Waals surface area contributed by atoms with Gasteiger partial charge in [0.2, 0.25) is 0 Å². The quantitative estimate of drug-likeness (QED) is 0.641. The molecule has 5 nitrogen and oxygen atoms in total. The van der Waals surface area contributed by atoms with Gasteiger partial charge in [-0.1, -0.05) is 6.92 Å². The summed E-state index contributed by atoms with van der Waals surface area (Å²) in [5.41, 5.74) is 0. The number of aliphatic hydroxyl groups excluding tert-OH is 1. The lowest BCUT2D eigenvalue weighted by molar-refractivity contribution is 0.0776. The maximum atomic E-state index is 10.7. The fraction of sp³-hybridized carbons (Fsp3) is 0.875. The highest BCUT2D eigenvalue weighted by Crippen LogP contribution is 2.25. The summed E-state index contributed by atoms with van der Waals surface area (Å²) in [5, 5.41) is 17.8. The van der Waals surface area contributed by atoms with Gasteiger partial charge in [-0.15, -0.1) is 0 Å². The molecule has 0 bridgehead atoms. The number of rotatable bonds is 2. The van der Waals surface area contributed by atoms with E-state index in [-0.39, 0.29) is 24.7 Å². The zero-order valence-corrected chi connectivity index (χ0v) is 7.80. The number of carbonyl (C=O) groups is 1. The number of ether oxygens (including phenoxy) is 1. The lowest BCUT2D eigenvalue weighted by atomic mass is 10.0. The number of nitrogens with zero attached hydrogens (tertiary/aromatic N) is 1. The molecule has 0 spiro atoms. The van der Waals surface area contributed by atoms with Crippen LogP contribution in [0.3, 0.4) is 0 Å². The highest BCUT2D eigenvalue weighted by molar-refractivity contribution is 5.66. The minimum absolute atomic E-state index is 0.0473. The van der Waals surface area contributed by atoms with Gasteiger partial charge >= 0.3 is 6.09 Å². The molecule has 13 heavy (non-hydrogen) atoms. The van der Waals surface area contributed by atoms with Crippen LogP contribution < -0.4 is 0 Å². The van der Waals surface area contributed by atoms with Crippen LogP contribution in [0.4, 0.5) is 4.79 Å². The molecule has 1 aliphatic rings. The number of amides is 1. The molecule has 76 valence electrons. The summed E-state index contributed by atoms with van der Waals surface area (Å²) in [5.74, 6) is 0.0473. The molecule has 0 aliphatic carbocycles. The highest BCUT2D eigenvalue weighted by Gasteiger charge is 2.41. The van der Waals surface area contributed by atoms with Crippen molar-refractivity contribution in [3.63, 3.8) is 0 Å². The summed E-state index contributed by atoms with van der Waals surface area (Å²) in [6.07, 6.45) is -1.10. The third kappa shape index (κ3) is 1.76. The van der Waals surface area contributed by atoms with Gasteiger partial charge in [0, 0.05) is 13.0 Å². The largest absolute Gasteiger partial charge is 0.465 e. The van der Waals surface area contributed by atoms with Crippen LogP contribution >= 0.6 is 0 Å². The van der Waals surface area contributed by atoms with Gasteiger partial charge in [0.25, 0.3) is 0 Å². The number of hydrogen-bond acceptors (Lipinski definition) is 3. The molecule has 1 amide bonds. The fourth-order valence-electron chi connectivity index (χ4n) is 1.80. The number of likely N-dealkylation sites (tertiary alicyclic amines) is 1. The second-order valence-corrected chi connectivity index (χ2v) is 3.32. The van der Waals surface area contributed by atoms with Crippen LogP contribution in [0.1, 0.15) is 6.92 Å². The lowest BCUT2D eigenvalue weighted by Gasteiger charge is -2.21. The molecule has 1 fully saturated rings. The minimum atomic E-state index is -0.995. The monoisotopic (exact) mass is 189 g/mol. The molecule has 3 atom stereocenters. The first-order chi connectivity index (χ1) is 6.11. The summed E-state index contributed by atoms with van der Waals surface area (Å²) in [6.45, 7) is 2.09. The van der Waals surface area contributed by atoms with Crippen LogP contribution in [-0.4, -0.2) is 53.6 Å². The lowest BCUT2D eigenvalue weighted by Crippen LogP contribution is -2.38. The van der Waals surface area contributed by atoms with E-state index in [0.29, 0.717) is 6.54 Å². The van der Waals surface area contributed by atoms with Crippen LogP contribution in [0.25, 0.3) is 0 Å². The zero-order valence-electron chi connectivity index (χ0n) is 7.80. The molecule has 0 aromatic heterocycles. The molecule has 1 heterocycles. The van der Waals surface area contributed by atoms with E-state index >= 15 is 0 Å². The van der Waals surface area contributed by atoms with Crippen molar-refractivity contribution in [1.82, 2.24) is 4.90 Å². The molecule has 0 aromatic carbocycles. The van der Waals surface area contributed by atoms with Crippen molar-refractivity contribution in [2.75, 3.05) is 20.3 Å². The van der Waals surface area contributed by atoms with Crippen LogP contribution in [0.2, 0.25) is 0 Å².